The van der Waals surface area contributed by atoms with Crippen LogP contribution in [0.15, 0.2) is 22.7 Å². The maximum absolute atomic E-state index is 10.8. The normalized spacial score (nSPS) is 20.4. The van der Waals surface area contributed by atoms with Crippen LogP contribution in [-0.2, 0) is 0 Å². The molecule has 1 saturated heterocycles. The first-order chi connectivity index (χ1) is 8.26. The van der Waals surface area contributed by atoms with Crippen LogP contribution in [0, 0.1) is 0 Å². The molecule has 92 valence electrons. The van der Waals surface area contributed by atoms with Crippen molar-refractivity contribution >= 4 is 27.9 Å². The van der Waals surface area contributed by atoms with Crippen LogP contribution in [0.5, 0.6) is 0 Å². The van der Waals surface area contributed by atoms with Crippen molar-refractivity contribution in [3.05, 3.63) is 28.2 Å². The molecule has 2 nitrogen and oxygen atoms in total. The molecule has 1 aliphatic heterocycles. The van der Waals surface area contributed by atoms with Gasteiger partial charge in [0.1, 0.15) is 0 Å². The van der Waals surface area contributed by atoms with E-state index in [1.54, 1.807) is 0 Å². The van der Waals surface area contributed by atoms with Gasteiger partial charge in [0.25, 0.3) is 0 Å². The smallest absolute Gasteiger partial charge is 0.151 e. The summed E-state index contributed by atoms with van der Waals surface area (Å²) in [5.41, 5.74) is 1.95. The van der Waals surface area contributed by atoms with Crippen molar-refractivity contribution in [3.63, 3.8) is 0 Å². The van der Waals surface area contributed by atoms with Gasteiger partial charge in [-0.3, -0.25) is 4.79 Å². The average Bonchev–Trinajstić information content (AvgIpc) is 2.38. The molecule has 1 heterocycles. The number of rotatable bonds is 3. The predicted molar refractivity (Wildman–Crippen MR) is 74.8 cm³/mol. The SMILES string of the molecule is CCC1CCCCN1c1ccc(C=O)c(Br)c1. The van der Waals surface area contributed by atoms with Crippen LogP contribution in [0.1, 0.15) is 43.0 Å². The molecule has 0 bridgehead atoms. The van der Waals surface area contributed by atoms with E-state index in [1.165, 1.54) is 31.4 Å². The number of hydrogen-bond donors (Lipinski definition) is 0. The Labute approximate surface area is 111 Å². The minimum atomic E-state index is 0.651. The molecule has 3 heteroatoms. The molecule has 1 unspecified atom stereocenters. The minimum Gasteiger partial charge on any atom is -0.369 e. The number of halogens is 1. The lowest BCUT2D eigenvalue weighted by Gasteiger charge is -2.37. The molecule has 0 N–H and O–H groups in total. The Morgan fingerprint density at radius 2 is 2.29 bits per heavy atom. The molecule has 0 aliphatic carbocycles. The van der Waals surface area contributed by atoms with Crippen LogP contribution >= 0.6 is 15.9 Å². The summed E-state index contributed by atoms with van der Waals surface area (Å²) >= 11 is 3.46. The first-order valence-corrected chi connectivity index (χ1v) is 7.07. The van der Waals surface area contributed by atoms with Gasteiger partial charge in [0.2, 0.25) is 0 Å². The van der Waals surface area contributed by atoms with E-state index in [0.717, 1.165) is 22.9 Å². The van der Waals surface area contributed by atoms with Crippen LogP contribution in [-0.4, -0.2) is 18.9 Å². The fourth-order valence-corrected chi connectivity index (χ4v) is 3.02. The summed E-state index contributed by atoms with van der Waals surface area (Å²) in [5, 5.41) is 0. The summed E-state index contributed by atoms with van der Waals surface area (Å²) < 4.78 is 0.894. The number of carbonyl (C=O) groups excluding carboxylic acids is 1. The summed E-state index contributed by atoms with van der Waals surface area (Å²) in [7, 11) is 0. The topological polar surface area (TPSA) is 20.3 Å². The highest BCUT2D eigenvalue weighted by Gasteiger charge is 2.21. The van der Waals surface area contributed by atoms with Gasteiger partial charge >= 0.3 is 0 Å². The van der Waals surface area contributed by atoms with Gasteiger partial charge in [-0.25, -0.2) is 0 Å². The molecule has 1 aromatic carbocycles. The van der Waals surface area contributed by atoms with Gasteiger partial charge in [-0.2, -0.15) is 0 Å². The second-order valence-corrected chi connectivity index (χ2v) is 5.43. The maximum atomic E-state index is 10.8. The number of carbonyl (C=O) groups is 1. The van der Waals surface area contributed by atoms with Crippen molar-refractivity contribution in [3.8, 4) is 0 Å². The Morgan fingerprint density at radius 1 is 1.47 bits per heavy atom. The van der Waals surface area contributed by atoms with Gasteiger partial charge in [-0.15, -0.1) is 0 Å². The van der Waals surface area contributed by atoms with Crippen LogP contribution in [0.4, 0.5) is 5.69 Å². The first kappa shape index (κ1) is 12.6. The summed E-state index contributed by atoms with van der Waals surface area (Å²) in [6.07, 6.45) is 5.96. The van der Waals surface area contributed by atoms with Crippen molar-refractivity contribution in [2.75, 3.05) is 11.4 Å². The van der Waals surface area contributed by atoms with Crippen molar-refractivity contribution in [1.82, 2.24) is 0 Å². The largest absolute Gasteiger partial charge is 0.369 e. The van der Waals surface area contributed by atoms with E-state index in [1.807, 2.05) is 6.07 Å². The van der Waals surface area contributed by atoms with E-state index in [9.17, 15) is 4.79 Å². The monoisotopic (exact) mass is 295 g/mol. The fraction of sp³-hybridized carbons (Fsp3) is 0.500. The molecule has 0 radical (unpaired) electrons. The van der Waals surface area contributed by atoms with E-state index in [0.29, 0.717) is 6.04 Å². The van der Waals surface area contributed by atoms with Crippen LogP contribution in [0.2, 0.25) is 0 Å². The number of anilines is 1. The van der Waals surface area contributed by atoms with Gasteiger partial charge in [-0.1, -0.05) is 6.92 Å². The third-order valence-corrected chi connectivity index (χ3v) is 4.23. The van der Waals surface area contributed by atoms with Crippen molar-refractivity contribution in [1.29, 1.82) is 0 Å². The highest BCUT2D eigenvalue weighted by molar-refractivity contribution is 9.10. The Hall–Kier alpha value is -0.830. The zero-order valence-corrected chi connectivity index (χ0v) is 11.7. The van der Waals surface area contributed by atoms with Gasteiger partial charge in [-0.05, 0) is 59.8 Å². The number of piperidine rings is 1. The van der Waals surface area contributed by atoms with E-state index in [4.69, 9.17) is 0 Å². The second kappa shape index (κ2) is 5.67. The first-order valence-electron chi connectivity index (χ1n) is 6.27. The van der Waals surface area contributed by atoms with Gasteiger partial charge in [0.15, 0.2) is 6.29 Å². The average molecular weight is 296 g/mol. The minimum absolute atomic E-state index is 0.651. The van der Waals surface area contributed by atoms with Crippen LogP contribution in [0.25, 0.3) is 0 Å². The number of nitrogens with zero attached hydrogens (tertiary/aromatic N) is 1. The molecule has 0 aromatic heterocycles. The molecule has 17 heavy (non-hydrogen) atoms. The Balaban J connectivity index is 2.25. The Bertz CT molecular complexity index is 405. The summed E-state index contributed by atoms with van der Waals surface area (Å²) in [6, 6.07) is 6.67. The van der Waals surface area contributed by atoms with E-state index in [2.05, 4.69) is 39.9 Å². The summed E-state index contributed by atoms with van der Waals surface area (Å²) in [5.74, 6) is 0. The lowest BCUT2D eigenvalue weighted by molar-refractivity contribution is 0.112. The molecule has 2 rings (SSSR count). The molecule has 1 aliphatic rings. The van der Waals surface area contributed by atoms with E-state index < -0.39 is 0 Å². The third-order valence-electron chi connectivity index (χ3n) is 3.54. The van der Waals surface area contributed by atoms with Gasteiger partial charge in [0.05, 0.1) is 0 Å². The third kappa shape index (κ3) is 2.71. The number of benzene rings is 1. The van der Waals surface area contributed by atoms with Crippen molar-refractivity contribution in [2.24, 2.45) is 0 Å². The molecule has 1 atom stereocenters. The standard InChI is InChI=1S/C14H18BrNO/c1-2-12-5-3-4-8-16(12)13-7-6-11(10-17)14(15)9-13/h6-7,9-10,12H,2-5,8H2,1H3. The van der Waals surface area contributed by atoms with E-state index in [-0.39, 0.29) is 0 Å². The highest BCUT2D eigenvalue weighted by Crippen LogP contribution is 2.29. The van der Waals surface area contributed by atoms with Crippen LogP contribution in [0.3, 0.4) is 0 Å². The Morgan fingerprint density at radius 3 is 2.94 bits per heavy atom. The molecule has 0 saturated carbocycles. The lowest BCUT2D eigenvalue weighted by atomic mass is 9.99. The zero-order chi connectivity index (χ0) is 12.3. The lowest BCUT2D eigenvalue weighted by Crippen LogP contribution is -2.39. The second-order valence-electron chi connectivity index (χ2n) is 4.57. The molecule has 1 fully saturated rings. The highest BCUT2D eigenvalue weighted by atomic mass is 79.9. The molecular formula is C14H18BrNO. The molecular weight excluding hydrogens is 278 g/mol. The van der Waals surface area contributed by atoms with E-state index >= 15 is 0 Å². The summed E-state index contributed by atoms with van der Waals surface area (Å²) in [4.78, 5) is 13.3. The fourth-order valence-electron chi connectivity index (χ4n) is 2.56. The maximum Gasteiger partial charge on any atom is 0.151 e. The molecule has 0 spiro atoms. The van der Waals surface area contributed by atoms with Crippen molar-refractivity contribution < 1.29 is 4.79 Å². The van der Waals surface area contributed by atoms with Gasteiger partial charge < -0.3 is 4.90 Å². The predicted octanol–water partition coefficient (Wildman–Crippen LogP) is 4.03. The van der Waals surface area contributed by atoms with Crippen LogP contribution < -0.4 is 4.90 Å². The number of aldehydes is 1. The zero-order valence-electron chi connectivity index (χ0n) is 10.2. The number of hydrogen-bond acceptors (Lipinski definition) is 2. The summed E-state index contributed by atoms with van der Waals surface area (Å²) in [6.45, 7) is 3.38. The van der Waals surface area contributed by atoms with Crippen molar-refractivity contribution in [2.45, 2.75) is 38.6 Å². The van der Waals surface area contributed by atoms with Gasteiger partial charge in [0, 0.05) is 28.3 Å². The molecule has 0 amide bonds. The quantitative estimate of drug-likeness (QED) is 0.785. The molecule has 1 aromatic rings. The Kier molecular flexibility index (Phi) is 4.21.